The first-order valence-electron chi connectivity index (χ1n) is 11.3. The van der Waals surface area contributed by atoms with Crippen LogP contribution in [0.4, 0.5) is 0 Å². The lowest BCUT2D eigenvalue weighted by molar-refractivity contribution is -0.120. The van der Waals surface area contributed by atoms with Crippen molar-refractivity contribution in [3.05, 3.63) is 89.7 Å². The Kier molecular flexibility index (Phi) is 8.15. The molecule has 1 amide bonds. The molecule has 4 aromatic rings. The van der Waals surface area contributed by atoms with E-state index in [-0.39, 0.29) is 5.91 Å². The van der Waals surface area contributed by atoms with Crippen LogP contribution in [-0.2, 0) is 24.1 Å². The second kappa shape index (κ2) is 11.7. The highest BCUT2D eigenvalue weighted by Crippen LogP contribution is 2.28. The van der Waals surface area contributed by atoms with Crippen molar-refractivity contribution in [3.8, 4) is 11.5 Å². The minimum atomic E-state index is -0.0236. The highest BCUT2D eigenvalue weighted by atomic mass is 32.2. The molecule has 34 heavy (non-hydrogen) atoms. The van der Waals surface area contributed by atoms with Gasteiger partial charge in [-0.2, -0.15) is 0 Å². The summed E-state index contributed by atoms with van der Waals surface area (Å²) >= 11 is 1.83. The summed E-state index contributed by atoms with van der Waals surface area (Å²) in [6, 6.07) is 24.3. The van der Waals surface area contributed by atoms with Crippen LogP contribution in [0.3, 0.4) is 0 Å². The van der Waals surface area contributed by atoms with Crippen LogP contribution in [0.15, 0.2) is 82.1 Å². The Bertz CT molecular complexity index is 1240. The third-order valence-corrected chi connectivity index (χ3v) is 6.56. The molecule has 6 heteroatoms. The third kappa shape index (κ3) is 6.35. The summed E-state index contributed by atoms with van der Waals surface area (Å²) < 4.78 is 16.6. The maximum atomic E-state index is 12.4. The number of fused-ring (bicyclic) bond motifs is 1. The standard InChI is InChI=1S/C28H29NO4S/c1-31-25-11-9-21(17-27(25)32-2)18-28(30)29-14-12-20-8-10-22-19-23(33-26(22)16-20)13-15-34-24-6-4-3-5-7-24/h3-11,16-17,19H,12-15,18H2,1-2H3,(H,29,30). The number of nitrogens with one attached hydrogen (secondary N) is 1. The summed E-state index contributed by atoms with van der Waals surface area (Å²) in [5.74, 6) is 3.22. The molecule has 0 spiro atoms. The van der Waals surface area contributed by atoms with Crippen molar-refractivity contribution in [1.29, 1.82) is 0 Å². The molecule has 0 aliphatic carbocycles. The number of amides is 1. The molecular formula is C28H29NO4S. The van der Waals surface area contributed by atoms with E-state index in [0.29, 0.717) is 24.5 Å². The van der Waals surface area contributed by atoms with Crippen molar-refractivity contribution < 1.29 is 18.7 Å². The highest BCUT2D eigenvalue weighted by Gasteiger charge is 2.09. The van der Waals surface area contributed by atoms with Gasteiger partial charge in [-0.1, -0.05) is 36.4 Å². The first kappa shape index (κ1) is 23.8. The molecule has 0 aliphatic heterocycles. The zero-order valence-corrected chi connectivity index (χ0v) is 20.3. The Labute approximate surface area is 204 Å². The van der Waals surface area contributed by atoms with E-state index < -0.39 is 0 Å². The molecule has 4 rings (SSSR count). The second-order valence-corrected chi connectivity index (χ2v) is 9.13. The molecule has 0 saturated carbocycles. The van der Waals surface area contributed by atoms with Crippen LogP contribution >= 0.6 is 11.8 Å². The number of methoxy groups -OCH3 is 2. The minimum Gasteiger partial charge on any atom is -0.493 e. The first-order valence-corrected chi connectivity index (χ1v) is 12.3. The summed E-state index contributed by atoms with van der Waals surface area (Å²) in [7, 11) is 3.18. The summed E-state index contributed by atoms with van der Waals surface area (Å²) in [6.07, 6.45) is 1.92. The molecule has 0 aliphatic rings. The van der Waals surface area contributed by atoms with Crippen LogP contribution in [0, 0.1) is 0 Å². The smallest absolute Gasteiger partial charge is 0.224 e. The van der Waals surface area contributed by atoms with Gasteiger partial charge in [0.05, 0.1) is 20.6 Å². The van der Waals surface area contributed by atoms with E-state index in [4.69, 9.17) is 13.9 Å². The van der Waals surface area contributed by atoms with Gasteiger partial charge >= 0.3 is 0 Å². The van der Waals surface area contributed by atoms with Crippen molar-refractivity contribution >= 4 is 28.6 Å². The Balaban J connectivity index is 1.26. The Hall–Kier alpha value is -3.38. The number of hydrogen-bond acceptors (Lipinski definition) is 5. The average molecular weight is 476 g/mol. The number of rotatable bonds is 11. The van der Waals surface area contributed by atoms with E-state index in [1.54, 1.807) is 14.2 Å². The third-order valence-electron chi connectivity index (χ3n) is 5.54. The molecular weight excluding hydrogens is 446 g/mol. The molecule has 5 nitrogen and oxygen atoms in total. The zero-order chi connectivity index (χ0) is 23.8. The number of benzene rings is 3. The molecule has 0 fully saturated rings. The fourth-order valence-electron chi connectivity index (χ4n) is 3.78. The van der Waals surface area contributed by atoms with Gasteiger partial charge in [0.15, 0.2) is 11.5 Å². The largest absolute Gasteiger partial charge is 0.493 e. The predicted octanol–water partition coefficient (Wildman–Crippen LogP) is 5.69. The topological polar surface area (TPSA) is 60.7 Å². The number of hydrogen-bond donors (Lipinski definition) is 1. The van der Waals surface area contributed by atoms with Gasteiger partial charge in [-0.3, -0.25) is 4.79 Å². The van der Waals surface area contributed by atoms with Crippen molar-refractivity contribution in [3.63, 3.8) is 0 Å². The quantitative estimate of drug-likeness (QED) is 0.283. The van der Waals surface area contributed by atoms with E-state index >= 15 is 0 Å². The number of carbonyl (C=O) groups is 1. The molecule has 0 atom stereocenters. The number of carbonyl (C=O) groups excluding carboxylic acids is 1. The lowest BCUT2D eigenvalue weighted by atomic mass is 10.1. The summed E-state index contributed by atoms with van der Waals surface area (Å²) in [5.41, 5.74) is 2.91. The average Bonchev–Trinajstić information content (AvgIpc) is 3.26. The zero-order valence-electron chi connectivity index (χ0n) is 19.5. The van der Waals surface area contributed by atoms with Crippen LogP contribution in [-0.4, -0.2) is 32.4 Å². The number of furan rings is 1. The molecule has 1 heterocycles. The predicted molar refractivity (Wildman–Crippen MR) is 137 cm³/mol. The molecule has 0 radical (unpaired) electrons. The number of aryl methyl sites for hydroxylation is 1. The maximum absolute atomic E-state index is 12.4. The van der Waals surface area contributed by atoms with E-state index in [9.17, 15) is 4.79 Å². The molecule has 3 aromatic carbocycles. The molecule has 0 bridgehead atoms. The van der Waals surface area contributed by atoms with Crippen LogP contribution in [0.25, 0.3) is 11.0 Å². The Morgan fingerprint density at radius 1 is 0.882 bits per heavy atom. The van der Waals surface area contributed by atoms with Crippen molar-refractivity contribution in [2.45, 2.75) is 24.2 Å². The van der Waals surface area contributed by atoms with Gasteiger partial charge in [0.1, 0.15) is 11.3 Å². The maximum Gasteiger partial charge on any atom is 0.224 e. The molecule has 0 saturated heterocycles. The van der Waals surface area contributed by atoms with Gasteiger partial charge in [-0.25, -0.2) is 0 Å². The minimum absolute atomic E-state index is 0.0236. The van der Waals surface area contributed by atoms with Crippen molar-refractivity contribution in [2.75, 3.05) is 26.5 Å². The van der Waals surface area contributed by atoms with E-state index in [1.807, 2.05) is 36.0 Å². The van der Waals surface area contributed by atoms with Crippen LogP contribution < -0.4 is 14.8 Å². The van der Waals surface area contributed by atoms with Crippen molar-refractivity contribution in [1.82, 2.24) is 5.32 Å². The molecule has 0 unspecified atom stereocenters. The Morgan fingerprint density at radius 2 is 1.68 bits per heavy atom. The number of thioether (sulfide) groups is 1. The SMILES string of the molecule is COc1ccc(CC(=O)NCCc2ccc3cc(CCSc4ccccc4)oc3c2)cc1OC. The lowest BCUT2D eigenvalue weighted by Gasteiger charge is -2.10. The highest BCUT2D eigenvalue weighted by molar-refractivity contribution is 7.99. The molecule has 176 valence electrons. The van der Waals surface area contributed by atoms with Crippen LogP contribution in [0.2, 0.25) is 0 Å². The monoisotopic (exact) mass is 475 g/mol. The van der Waals surface area contributed by atoms with Gasteiger partial charge < -0.3 is 19.2 Å². The lowest BCUT2D eigenvalue weighted by Crippen LogP contribution is -2.27. The second-order valence-electron chi connectivity index (χ2n) is 7.96. The molecule has 1 N–H and O–H groups in total. The summed E-state index contributed by atoms with van der Waals surface area (Å²) in [6.45, 7) is 0.568. The summed E-state index contributed by atoms with van der Waals surface area (Å²) in [4.78, 5) is 13.6. The van der Waals surface area contributed by atoms with Gasteiger partial charge in [-0.15, -0.1) is 11.8 Å². The van der Waals surface area contributed by atoms with Crippen molar-refractivity contribution in [2.24, 2.45) is 0 Å². The van der Waals surface area contributed by atoms with E-state index in [2.05, 4.69) is 53.8 Å². The summed E-state index contributed by atoms with van der Waals surface area (Å²) in [5, 5.41) is 4.11. The number of ether oxygens (including phenoxy) is 2. The van der Waals surface area contributed by atoms with Gasteiger partial charge in [-0.05, 0) is 53.9 Å². The fourth-order valence-corrected chi connectivity index (χ4v) is 4.67. The van der Waals surface area contributed by atoms with E-state index in [0.717, 1.165) is 46.5 Å². The normalized spacial score (nSPS) is 10.9. The molecule has 1 aromatic heterocycles. The van der Waals surface area contributed by atoms with E-state index in [1.165, 1.54) is 4.90 Å². The van der Waals surface area contributed by atoms with Crippen LogP contribution in [0.5, 0.6) is 11.5 Å². The Morgan fingerprint density at radius 3 is 2.47 bits per heavy atom. The van der Waals surface area contributed by atoms with Gasteiger partial charge in [0, 0.05) is 29.0 Å². The fraction of sp³-hybridized carbons (Fsp3) is 0.250. The van der Waals surface area contributed by atoms with Gasteiger partial charge in [0.25, 0.3) is 0 Å². The van der Waals surface area contributed by atoms with Crippen LogP contribution in [0.1, 0.15) is 16.9 Å². The van der Waals surface area contributed by atoms with Gasteiger partial charge in [0.2, 0.25) is 5.91 Å². The first-order chi connectivity index (χ1) is 16.6.